The monoisotopic (exact) mass is 375 g/mol. The maximum Gasteiger partial charge on any atom is 0.341 e. The van der Waals surface area contributed by atoms with Gasteiger partial charge in [0.1, 0.15) is 17.6 Å². The van der Waals surface area contributed by atoms with E-state index in [4.69, 9.17) is 0 Å². The quantitative estimate of drug-likeness (QED) is 0.845. The lowest BCUT2D eigenvalue weighted by atomic mass is 10.1. The third kappa shape index (κ3) is 3.19. The zero-order chi connectivity index (χ0) is 19.3. The summed E-state index contributed by atoms with van der Waals surface area (Å²) in [7, 11) is 0. The fraction of sp³-hybridized carbons (Fsp3) is 0.474. The average Bonchev–Trinajstić information content (AvgIpc) is 3.47. The van der Waals surface area contributed by atoms with Crippen molar-refractivity contribution in [3.8, 4) is 0 Å². The zero-order valence-corrected chi connectivity index (χ0v) is 15.1. The molecule has 2 aliphatic rings. The highest BCUT2D eigenvalue weighted by Crippen LogP contribution is 2.38. The highest BCUT2D eigenvalue weighted by Gasteiger charge is 2.28. The molecule has 1 unspecified atom stereocenters. The number of aliphatic hydroxyl groups is 1. The molecule has 2 aromatic rings. The number of piperazine rings is 1. The molecule has 0 amide bonds. The lowest BCUT2D eigenvalue weighted by Gasteiger charge is -2.37. The number of benzene rings is 1. The smallest absolute Gasteiger partial charge is 0.341 e. The Balaban J connectivity index is 1.79. The number of hydrogen-bond acceptors (Lipinski definition) is 5. The molecule has 2 heterocycles. The SMILES string of the molecule is CC(O)N1CCN(c2cc3c(cc2F)c(=O)c(C(=O)O)cn3C2CC2)CC1. The molecule has 1 saturated heterocycles. The van der Waals surface area contributed by atoms with Crippen molar-refractivity contribution in [2.45, 2.75) is 32.0 Å². The molecular formula is C19H22FN3O4. The van der Waals surface area contributed by atoms with Gasteiger partial charge in [-0.15, -0.1) is 0 Å². The zero-order valence-electron chi connectivity index (χ0n) is 15.1. The summed E-state index contributed by atoms with van der Waals surface area (Å²) in [4.78, 5) is 27.7. The lowest BCUT2D eigenvalue weighted by Crippen LogP contribution is -2.49. The van der Waals surface area contributed by atoms with Crippen LogP contribution in [0.5, 0.6) is 0 Å². The van der Waals surface area contributed by atoms with Gasteiger partial charge in [0, 0.05) is 43.8 Å². The van der Waals surface area contributed by atoms with E-state index in [0.29, 0.717) is 37.4 Å². The first-order valence-corrected chi connectivity index (χ1v) is 9.15. The number of nitrogens with zero attached hydrogens (tertiary/aromatic N) is 3. The van der Waals surface area contributed by atoms with Gasteiger partial charge in [-0.05, 0) is 31.9 Å². The minimum atomic E-state index is -1.30. The summed E-state index contributed by atoms with van der Waals surface area (Å²) in [6, 6.07) is 2.98. The molecule has 1 atom stereocenters. The number of rotatable bonds is 4. The summed E-state index contributed by atoms with van der Waals surface area (Å²) < 4.78 is 16.6. The first kappa shape index (κ1) is 17.9. The molecule has 1 aliphatic carbocycles. The number of aromatic nitrogens is 1. The van der Waals surface area contributed by atoms with E-state index in [1.165, 1.54) is 12.3 Å². The number of aromatic carboxylic acids is 1. The molecule has 2 N–H and O–H groups in total. The Hall–Kier alpha value is -2.45. The van der Waals surface area contributed by atoms with Crippen LogP contribution in [0.3, 0.4) is 0 Å². The second-order valence-corrected chi connectivity index (χ2v) is 7.29. The predicted octanol–water partition coefficient (Wildman–Crippen LogP) is 1.63. The van der Waals surface area contributed by atoms with E-state index in [1.807, 2.05) is 9.80 Å². The van der Waals surface area contributed by atoms with Crippen LogP contribution in [-0.4, -0.2) is 58.1 Å². The normalized spacial score (nSPS) is 19.4. The molecular weight excluding hydrogens is 353 g/mol. The van der Waals surface area contributed by atoms with Crippen molar-refractivity contribution < 1.29 is 19.4 Å². The molecule has 0 spiro atoms. The molecule has 0 radical (unpaired) electrons. The molecule has 0 bridgehead atoms. The largest absolute Gasteiger partial charge is 0.477 e. The fourth-order valence-corrected chi connectivity index (χ4v) is 3.74. The van der Waals surface area contributed by atoms with Gasteiger partial charge in [0.25, 0.3) is 0 Å². The highest BCUT2D eigenvalue weighted by molar-refractivity contribution is 5.93. The second-order valence-electron chi connectivity index (χ2n) is 7.29. The number of fused-ring (bicyclic) bond motifs is 1. The van der Waals surface area contributed by atoms with Gasteiger partial charge in [-0.2, -0.15) is 0 Å². The van der Waals surface area contributed by atoms with Crippen LogP contribution < -0.4 is 10.3 Å². The third-order valence-corrected chi connectivity index (χ3v) is 5.45. The Morgan fingerprint density at radius 1 is 1.22 bits per heavy atom. The molecule has 27 heavy (non-hydrogen) atoms. The molecule has 1 aromatic heterocycles. The Morgan fingerprint density at radius 2 is 1.89 bits per heavy atom. The first-order chi connectivity index (χ1) is 12.9. The van der Waals surface area contributed by atoms with E-state index in [9.17, 15) is 24.2 Å². The molecule has 1 saturated carbocycles. The molecule has 4 rings (SSSR count). The van der Waals surface area contributed by atoms with Crippen LogP contribution in [0.1, 0.15) is 36.2 Å². The number of halogens is 1. The van der Waals surface area contributed by atoms with Crippen molar-refractivity contribution in [3.63, 3.8) is 0 Å². The number of carboxylic acids is 1. The summed E-state index contributed by atoms with van der Waals surface area (Å²) in [5, 5.41) is 19.1. The third-order valence-electron chi connectivity index (χ3n) is 5.45. The van der Waals surface area contributed by atoms with E-state index in [0.717, 1.165) is 12.8 Å². The van der Waals surface area contributed by atoms with Gasteiger partial charge in [-0.1, -0.05) is 0 Å². The standard InChI is InChI=1S/C19H22FN3O4/c1-11(24)21-4-6-22(7-5-21)17-9-16-13(8-15(17)20)18(25)14(19(26)27)10-23(16)12-2-3-12/h8-12,24H,2-7H2,1H3,(H,26,27). The Morgan fingerprint density at radius 3 is 2.44 bits per heavy atom. The van der Waals surface area contributed by atoms with Crippen molar-refractivity contribution in [1.29, 1.82) is 0 Å². The van der Waals surface area contributed by atoms with Crippen molar-refractivity contribution in [3.05, 3.63) is 39.9 Å². The lowest BCUT2D eigenvalue weighted by molar-refractivity contribution is 0.0152. The highest BCUT2D eigenvalue weighted by atomic mass is 19.1. The van der Waals surface area contributed by atoms with Crippen LogP contribution in [0.25, 0.3) is 10.9 Å². The Kier molecular flexibility index (Phi) is 4.39. The summed E-state index contributed by atoms with van der Waals surface area (Å²) in [5.41, 5.74) is -0.00246. The first-order valence-electron chi connectivity index (χ1n) is 9.15. The molecule has 144 valence electrons. The summed E-state index contributed by atoms with van der Waals surface area (Å²) in [5.74, 6) is -1.83. The average molecular weight is 375 g/mol. The number of aliphatic hydroxyl groups excluding tert-OH is 1. The Bertz CT molecular complexity index is 960. The van der Waals surface area contributed by atoms with Crippen LogP contribution in [0.15, 0.2) is 23.1 Å². The van der Waals surface area contributed by atoms with Gasteiger partial charge in [-0.3, -0.25) is 9.69 Å². The number of hydrogen-bond donors (Lipinski definition) is 2. The van der Waals surface area contributed by atoms with E-state index in [-0.39, 0.29) is 17.0 Å². The minimum absolute atomic E-state index is 0.102. The van der Waals surface area contributed by atoms with Crippen LogP contribution in [0.2, 0.25) is 0 Å². The fourth-order valence-electron chi connectivity index (χ4n) is 3.74. The molecule has 8 heteroatoms. The van der Waals surface area contributed by atoms with Gasteiger partial charge in [0.05, 0.1) is 11.2 Å². The van der Waals surface area contributed by atoms with Crippen molar-refractivity contribution >= 4 is 22.6 Å². The van der Waals surface area contributed by atoms with Gasteiger partial charge >= 0.3 is 5.97 Å². The maximum absolute atomic E-state index is 14.8. The summed E-state index contributed by atoms with van der Waals surface area (Å²) >= 11 is 0. The van der Waals surface area contributed by atoms with Crippen LogP contribution in [0.4, 0.5) is 10.1 Å². The second kappa shape index (κ2) is 6.61. The Labute approximate surface area is 155 Å². The van der Waals surface area contributed by atoms with E-state index < -0.39 is 23.4 Å². The molecule has 2 fully saturated rings. The van der Waals surface area contributed by atoms with Gasteiger partial charge in [0.15, 0.2) is 0 Å². The van der Waals surface area contributed by atoms with Crippen LogP contribution in [0, 0.1) is 5.82 Å². The van der Waals surface area contributed by atoms with Crippen LogP contribution >= 0.6 is 0 Å². The maximum atomic E-state index is 14.8. The molecule has 1 aromatic carbocycles. The summed E-state index contributed by atoms with van der Waals surface area (Å²) in [6.07, 6.45) is 2.67. The molecule has 7 nitrogen and oxygen atoms in total. The van der Waals surface area contributed by atoms with Crippen molar-refractivity contribution in [1.82, 2.24) is 9.47 Å². The van der Waals surface area contributed by atoms with Gasteiger partial charge in [-0.25, -0.2) is 9.18 Å². The number of carbonyl (C=O) groups is 1. The number of anilines is 1. The predicted molar refractivity (Wildman–Crippen MR) is 98.9 cm³/mol. The van der Waals surface area contributed by atoms with Crippen molar-refractivity contribution in [2.24, 2.45) is 0 Å². The minimum Gasteiger partial charge on any atom is -0.477 e. The van der Waals surface area contributed by atoms with Crippen LogP contribution in [-0.2, 0) is 0 Å². The van der Waals surface area contributed by atoms with E-state index in [2.05, 4.69) is 0 Å². The van der Waals surface area contributed by atoms with Crippen molar-refractivity contribution in [2.75, 3.05) is 31.1 Å². The summed E-state index contributed by atoms with van der Waals surface area (Å²) in [6.45, 7) is 4.06. The van der Waals surface area contributed by atoms with Gasteiger partial charge in [0.2, 0.25) is 5.43 Å². The molecule has 1 aliphatic heterocycles. The van der Waals surface area contributed by atoms with Gasteiger partial charge < -0.3 is 19.7 Å². The van der Waals surface area contributed by atoms with E-state index in [1.54, 1.807) is 17.6 Å². The number of pyridine rings is 1. The van der Waals surface area contributed by atoms with E-state index >= 15 is 0 Å². The number of carboxylic acid groups (broad SMARTS) is 1. The topological polar surface area (TPSA) is 86.0 Å².